The number of hydrogen-bond acceptors (Lipinski definition) is 3. The van der Waals surface area contributed by atoms with Gasteiger partial charge in [0.15, 0.2) is 5.05 Å². The Morgan fingerprint density at radius 3 is 2.21 bits per heavy atom. The number of amides is 1. The largest absolute Gasteiger partial charge is 0.486 e. The average Bonchev–Trinajstić information content (AvgIpc) is 2.44. The molecule has 0 aliphatic carbocycles. The van der Waals surface area contributed by atoms with E-state index in [-0.39, 0.29) is 5.91 Å². The van der Waals surface area contributed by atoms with Crippen molar-refractivity contribution in [2.75, 3.05) is 21.2 Å². The summed E-state index contributed by atoms with van der Waals surface area (Å²) in [4.78, 5) is 13.5. The quantitative estimate of drug-likeness (QED) is 0.788. The molecule has 2 rings (SSSR count). The van der Waals surface area contributed by atoms with Gasteiger partial charge in [-0.1, -0.05) is 12.1 Å². The fourth-order valence-electron chi connectivity index (χ4n) is 1.88. The summed E-state index contributed by atoms with van der Waals surface area (Å²) in [5.41, 5.74) is 1.51. The van der Waals surface area contributed by atoms with Crippen molar-refractivity contribution in [3.63, 3.8) is 0 Å². The van der Waals surface area contributed by atoms with Gasteiger partial charge >= 0.3 is 0 Å². The summed E-state index contributed by atoms with van der Waals surface area (Å²) >= 11 is 5.11. The molecule has 0 heterocycles. The Labute approximate surface area is 117 Å². The number of rotatable bonds is 2. The predicted octanol–water partition coefficient (Wildman–Crippen LogP) is 2.86. The number of carbonyl (C=O) groups is 1. The molecular formula is C15H15NO2S. The van der Waals surface area contributed by atoms with E-state index in [1.807, 2.05) is 36.4 Å². The highest BCUT2D eigenvalue weighted by molar-refractivity contribution is 7.80. The number of carbonyl (C=O) groups excluding carboxylic acids is 1. The maximum atomic E-state index is 11.9. The van der Waals surface area contributed by atoms with Gasteiger partial charge in [-0.3, -0.25) is 4.79 Å². The molecule has 0 radical (unpaired) electrons. The molecule has 19 heavy (non-hydrogen) atoms. The highest BCUT2D eigenvalue weighted by Gasteiger charge is 2.09. The molecule has 0 unspecified atom stereocenters. The number of fused-ring (bicyclic) bond motifs is 1. The van der Waals surface area contributed by atoms with Gasteiger partial charge in [0.2, 0.25) is 0 Å². The first-order valence-electron chi connectivity index (χ1n) is 5.86. The first-order valence-corrected chi connectivity index (χ1v) is 6.27. The minimum absolute atomic E-state index is 0.0124. The van der Waals surface area contributed by atoms with Crippen molar-refractivity contribution in [3.05, 3.63) is 47.5 Å². The van der Waals surface area contributed by atoms with Crippen molar-refractivity contribution >= 4 is 33.9 Å². The van der Waals surface area contributed by atoms with Crippen molar-refractivity contribution in [2.45, 2.75) is 0 Å². The molecule has 0 N–H and O–H groups in total. The molecule has 3 nitrogen and oxygen atoms in total. The number of hydrogen-bond donors (Lipinski definition) is 0. The minimum Gasteiger partial charge on any atom is -0.486 e. The first-order chi connectivity index (χ1) is 9.02. The second kappa shape index (κ2) is 5.36. The third-order valence-electron chi connectivity index (χ3n) is 2.91. The Morgan fingerprint density at radius 2 is 1.63 bits per heavy atom. The van der Waals surface area contributed by atoms with E-state index in [9.17, 15) is 4.79 Å². The molecule has 98 valence electrons. The Hall–Kier alpha value is -1.94. The van der Waals surface area contributed by atoms with Gasteiger partial charge in [0.1, 0.15) is 0 Å². The third kappa shape index (κ3) is 2.74. The standard InChI is InChI=1S/C15H15NO2S/c1-16(2)14(17)11-6-4-10-5-7-12(15(19)18-3)9-13(10)8-11/h4-9H,1-3H3. The summed E-state index contributed by atoms with van der Waals surface area (Å²) in [5, 5.41) is 2.49. The lowest BCUT2D eigenvalue weighted by atomic mass is 10.0. The second-order valence-corrected chi connectivity index (χ2v) is 4.84. The van der Waals surface area contributed by atoms with Gasteiger partial charge in [0.25, 0.3) is 5.91 Å². The molecule has 2 aromatic rings. The average molecular weight is 273 g/mol. The van der Waals surface area contributed by atoms with Gasteiger partial charge < -0.3 is 9.64 Å². The molecule has 0 bridgehead atoms. The minimum atomic E-state index is -0.0124. The fourth-order valence-corrected chi connectivity index (χ4v) is 2.01. The Bertz CT molecular complexity index is 650. The summed E-state index contributed by atoms with van der Waals surface area (Å²) in [6, 6.07) is 11.5. The van der Waals surface area contributed by atoms with Gasteiger partial charge in [-0.25, -0.2) is 0 Å². The van der Waals surface area contributed by atoms with Gasteiger partial charge in [-0.05, 0) is 47.3 Å². The van der Waals surface area contributed by atoms with Crippen LogP contribution in [0.3, 0.4) is 0 Å². The molecule has 0 aliphatic rings. The number of methoxy groups -OCH3 is 1. The van der Waals surface area contributed by atoms with Crippen molar-refractivity contribution in [1.82, 2.24) is 4.90 Å². The zero-order chi connectivity index (χ0) is 14.0. The van der Waals surface area contributed by atoms with Gasteiger partial charge in [-0.2, -0.15) is 0 Å². The van der Waals surface area contributed by atoms with Crippen LogP contribution < -0.4 is 0 Å². The lowest BCUT2D eigenvalue weighted by Gasteiger charge is -2.11. The first kappa shape index (κ1) is 13.5. The molecule has 0 atom stereocenters. The summed E-state index contributed by atoms with van der Waals surface area (Å²) in [7, 11) is 5.03. The Kier molecular flexibility index (Phi) is 3.81. The molecule has 0 saturated heterocycles. The smallest absolute Gasteiger partial charge is 0.253 e. The van der Waals surface area contributed by atoms with E-state index in [0.717, 1.165) is 16.3 Å². The molecule has 0 fully saturated rings. The van der Waals surface area contributed by atoms with Crippen molar-refractivity contribution in [2.24, 2.45) is 0 Å². The number of thiocarbonyl (C=S) groups is 1. The summed E-state index contributed by atoms with van der Waals surface area (Å²) < 4.78 is 5.06. The SMILES string of the molecule is COC(=S)c1ccc2ccc(C(=O)N(C)C)cc2c1. The molecular weight excluding hydrogens is 258 g/mol. The second-order valence-electron chi connectivity index (χ2n) is 4.47. The Balaban J connectivity index is 2.51. The van der Waals surface area contributed by atoms with Crippen LogP contribution in [0.15, 0.2) is 36.4 Å². The van der Waals surface area contributed by atoms with Crippen LogP contribution in [0.5, 0.6) is 0 Å². The van der Waals surface area contributed by atoms with E-state index >= 15 is 0 Å². The maximum absolute atomic E-state index is 11.9. The highest BCUT2D eigenvalue weighted by Crippen LogP contribution is 2.19. The van der Waals surface area contributed by atoms with Crippen LogP contribution in [0, 0.1) is 0 Å². The topological polar surface area (TPSA) is 29.5 Å². The lowest BCUT2D eigenvalue weighted by Crippen LogP contribution is -2.21. The lowest BCUT2D eigenvalue weighted by molar-refractivity contribution is 0.0828. The van der Waals surface area contributed by atoms with E-state index in [1.54, 1.807) is 26.1 Å². The van der Waals surface area contributed by atoms with E-state index in [2.05, 4.69) is 0 Å². The van der Waals surface area contributed by atoms with Gasteiger partial charge in [-0.15, -0.1) is 0 Å². The summed E-state index contributed by atoms with van der Waals surface area (Å²) in [6.07, 6.45) is 0. The number of benzene rings is 2. The normalized spacial score (nSPS) is 10.3. The van der Waals surface area contributed by atoms with Crippen LogP contribution in [0.25, 0.3) is 10.8 Å². The predicted molar refractivity (Wildman–Crippen MR) is 80.7 cm³/mol. The zero-order valence-corrected chi connectivity index (χ0v) is 12.0. The molecule has 4 heteroatoms. The zero-order valence-electron chi connectivity index (χ0n) is 11.1. The molecule has 2 aromatic carbocycles. The molecule has 0 spiro atoms. The maximum Gasteiger partial charge on any atom is 0.253 e. The molecule has 0 saturated carbocycles. The Morgan fingerprint density at radius 1 is 1.05 bits per heavy atom. The van der Waals surface area contributed by atoms with Crippen molar-refractivity contribution in [1.29, 1.82) is 0 Å². The van der Waals surface area contributed by atoms with Gasteiger partial charge in [0.05, 0.1) is 7.11 Å². The molecule has 0 aliphatic heterocycles. The third-order valence-corrected chi connectivity index (χ3v) is 3.32. The molecule has 0 aromatic heterocycles. The van der Waals surface area contributed by atoms with Crippen molar-refractivity contribution < 1.29 is 9.53 Å². The van der Waals surface area contributed by atoms with Crippen LogP contribution >= 0.6 is 12.2 Å². The molecule has 1 amide bonds. The van der Waals surface area contributed by atoms with E-state index in [0.29, 0.717) is 10.6 Å². The van der Waals surface area contributed by atoms with Gasteiger partial charge in [0, 0.05) is 25.2 Å². The van der Waals surface area contributed by atoms with Crippen molar-refractivity contribution in [3.8, 4) is 0 Å². The fraction of sp³-hybridized carbons (Fsp3) is 0.200. The monoisotopic (exact) mass is 273 g/mol. The highest BCUT2D eigenvalue weighted by atomic mass is 32.1. The van der Waals surface area contributed by atoms with Crippen LogP contribution in [0.4, 0.5) is 0 Å². The van der Waals surface area contributed by atoms with E-state index in [1.165, 1.54) is 0 Å². The van der Waals surface area contributed by atoms with E-state index < -0.39 is 0 Å². The van der Waals surface area contributed by atoms with Crippen LogP contribution in [-0.2, 0) is 4.74 Å². The van der Waals surface area contributed by atoms with E-state index in [4.69, 9.17) is 17.0 Å². The number of nitrogens with zero attached hydrogens (tertiary/aromatic N) is 1. The summed E-state index contributed by atoms with van der Waals surface area (Å²) in [5.74, 6) is -0.0124. The summed E-state index contributed by atoms with van der Waals surface area (Å²) in [6.45, 7) is 0. The van der Waals surface area contributed by atoms with Crippen LogP contribution in [-0.4, -0.2) is 37.1 Å². The van der Waals surface area contributed by atoms with Crippen LogP contribution in [0.1, 0.15) is 15.9 Å². The number of ether oxygens (including phenoxy) is 1. The van der Waals surface area contributed by atoms with Crippen LogP contribution in [0.2, 0.25) is 0 Å².